The smallest absolute Gasteiger partial charge is 0.192 e. The van der Waals surface area contributed by atoms with Gasteiger partial charge in [-0.05, 0) is 31.5 Å². The summed E-state index contributed by atoms with van der Waals surface area (Å²) >= 11 is 5.90. The van der Waals surface area contributed by atoms with Gasteiger partial charge < -0.3 is 10.6 Å². The molecule has 4 heteroatoms. The highest BCUT2D eigenvalue weighted by atomic mass is 35.5. The van der Waals surface area contributed by atoms with E-state index in [0.717, 1.165) is 11.6 Å². The van der Waals surface area contributed by atoms with Crippen LogP contribution in [0.2, 0.25) is 5.02 Å². The molecule has 2 rings (SSSR count). The highest BCUT2D eigenvalue weighted by Crippen LogP contribution is 2.32. The van der Waals surface area contributed by atoms with Crippen LogP contribution in [0.3, 0.4) is 0 Å². The Labute approximate surface area is 101 Å². The third-order valence-corrected chi connectivity index (χ3v) is 3.46. The van der Waals surface area contributed by atoms with Crippen LogP contribution in [0.5, 0.6) is 0 Å². The molecule has 0 saturated heterocycles. The molecule has 0 fully saturated rings. The van der Waals surface area contributed by atoms with Crippen LogP contribution in [-0.2, 0) is 5.54 Å². The van der Waals surface area contributed by atoms with Crippen molar-refractivity contribution in [1.82, 2.24) is 4.90 Å². The third-order valence-electron chi connectivity index (χ3n) is 3.20. The Kier molecular flexibility index (Phi) is 2.80. The Morgan fingerprint density at radius 1 is 1.44 bits per heavy atom. The van der Waals surface area contributed by atoms with Crippen molar-refractivity contribution in [1.29, 1.82) is 0 Å². The molecule has 1 unspecified atom stereocenters. The molecular weight excluding hydrogens is 222 g/mol. The van der Waals surface area contributed by atoms with Crippen molar-refractivity contribution in [3.05, 3.63) is 34.9 Å². The molecule has 0 bridgehead atoms. The zero-order valence-electron chi connectivity index (χ0n) is 9.57. The second-order valence-electron chi connectivity index (χ2n) is 4.20. The van der Waals surface area contributed by atoms with E-state index >= 15 is 0 Å². The average molecular weight is 238 g/mol. The minimum absolute atomic E-state index is 0.135. The molecule has 2 N–H and O–H groups in total. The molecule has 0 spiro atoms. The number of aliphatic imine (C=N–C) groups is 1. The van der Waals surface area contributed by atoms with Gasteiger partial charge in [-0.1, -0.05) is 23.7 Å². The van der Waals surface area contributed by atoms with Gasteiger partial charge in [-0.3, -0.25) is 4.99 Å². The lowest BCUT2D eigenvalue weighted by molar-refractivity contribution is 0.235. The van der Waals surface area contributed by atoms with Gasteiger partial charge in [0.1, 0.15) is 0 Å². The Hall–Kier alpha value is -1.22. The Balaban J connectivity index is 2.36. The number of likely N-dealkylation sites (N-methyl/N-ethyl adjacent to an activating group) is 1. The standard InChI is InChI=1S/C12H16ClN3/c1-3-16-11(14)15-8-12(16,2)9-4-6-10(13)7-5-9/h4-7H,3,8H2,1-2H3,(H2,14,15). The molecule has 16 heavy (non-hydrogen) atoms. The summed E-state index contributed by atoms with van der Waals surface area (Å²) in [4.78, 5) is 6.45. The highest BCUT2D eigenvalue weighted by Gasteiger charge is 2.38. The fourth-order valence-corrected chi connectivity index (χ4v) is 2.35. The van der Waals surface area contributed by atoms with E-state index in [1.54, 1.807) is 0 Å². The predicted molar refractivity (Wildman–Crippen MR) is 67.7 cm³/mol. The Morgan fingerprint density at radius 3 is 2.62 bits per heavy atom. The van der Waals surface area contributed by atoms with Crippen LogP contribution in [0.25, 0.3) is 0 Å². The first kappa shape index (κ1) is 11.3. The van der Waals surface area contributed by atoms with Crippen LogP contribution in [0.1, 0.15) is 19.4 Å². The first-order chi connectivity index (χ1) is 7.58. The molecule has 0 aliphatic carbocycles. The van der Waals surface area contributed by atoms with E-state index in [2.05, 4.69) is 23.7 Å². The lowest BCUT2D eigenvalue weighted by Crippen LogP contribution is -2.47. The normalized spacial score (nSPS) is 24.7. The molecule has 0 saturated carbocycles. The van der Waals surface area contributed by atoms with E-state index in [-0.39, 0.29) is 5.54 Å². The number of nitrogens with zero attached hydrogens (tertiary/aromatic N) is 2. The number of benzene rings is 1. The van der Waals surface area contributed by atoms with Crippen LogP contribution in [0.15, 0.2) is 29.3 Å². The summed E-state index contributed by atoms with van der Waals surface area (Å²) in [5, 5.41) is 0.752. The average Bonchev–Trinajstić information content (AvgIpc) is 2.56. The summed E-state index contributed by atoms with van der Waals surface area (Å²) in [6.07, 6.45) is 0. The molecule has 0 aromatic heterocycles. The molecule has 1 atom stereocenters. The first-order valence-electron chi connectivity index (χ1n) is 5.41. The number of hydrogen-bond acceptors (Lipinski definition) is 3. The fourth-order valence-electron chi connectivity index (χ4n) is 2.23. The molecule has 3 nitrogen and oxygen atoms in total. The molecule has 0 amide bonds. The number of halogens is 1. The molecule has 86 valence electrons. The summed E-state index contributed by atoms with van der Waals surface area (Å²) < 4.78 is 0. The highest BCUT2D eigenvalue weighted by molar-refractivity contribution is 6.30. The van der Waals surface area contributed by atoms with E-state index in [1.807, 2.05) is 24.3 Å². The van der Waals surface area contributed by atoms with Crippen LogP contribution in [0, 0.1) is 0 Å². The van der Waals surface area contributed by atoms with Gasteiger partial charge in [-0.25, -0.2) is 0 Å². The van der Waals surface area contributed by atoms with Crippen molar-refractivity contribution in [2.45, 2.75) is 19.4 Å². The quantitative estimate of drug-likeness (QED) is 0.857. The maximum atomic E-state index is 5.90. The van der Waals surface area contributed by atoms with E-state index in [0.29, 0.717) is 12.5 Å². The van der Waals surface area contributed by atoms with Crippen LogP contribution in [0.4, 0.5) is 0 Å². The van der Waals surface area contributed by atoms with Gasteiger partial charge in [-0.15, -0.1) is 0 Å². The Morgan fingerprint density at radius 2 is 2.06 bits per heavy atom. The number of guanidine groups is 1. The SMILES string of the molecule is CCN1C(N)=NCC1(C)c1ccc(Cl)cc1. The summed E-state index contributed by atoms with van der Waals surface area (Å²) in [5.41, 5.74) is 6.94. The third kappa shape index (κ3) is 1.65. The lowest BCUT2D eigenvalue weighted by atomic mass is 9.91. The van der Waals surface area contributed by atoms with Crippen molar-refractivity contribution < 1.29 is 0 Å². The molecule has 1 aromatic rings. The first-order valence-corrected chi connectivity index (χ1v) is 5.79. The molecule has 1 aliphatic rings. The molecule has 1 heterocycles. The summed E-state index contributed by atoms with van der Waals surface area (Å²) in [6, 6.07) is 7.90. The van der Waals surface area contributed by atoms with Crippen molar-refractivity contribution >= 4 is 17.6 Å². The minimum Gasteiger partial charge on any atom is -0.370 e. The van der Waals surface area contributed by atoms with Crippen molar-refractivity contribution in [3.8, 4) is 0 Å². The zero-order chi connectivity index (χ0) is 11.8. The molecule has 1 aliphatic heterocycles. The van der Waals surface area contributed by atoms with Gasteiger partial charge in [0.05, 0.1) is 12.1 Å². The second kappa shape index (κ2) is 3.98. The van der Waals surface area contributed by atoms with Crippen LogP contribution >= 0.6 is 11.6 Å². The van der Waals surface area contributed by atoms with Gasteiger partial charge in [0, 0.05) is 11.6 Å². The van der Waals surface area contributed by atoms with Crippen LogP contribution in [-0.4, -0.2) is 23.9 Å². The molecular formula is C12H16ClN3. The van der Waals surface area contributed by atoms with Crippen LogP contribution < -0.4 is 5.73 Å². The van der Waals surface area contributed by atoms with Gasteiger partial charge in [-0.2, -0.15) is 0 Å². The van der Waals surface area contributed by atoms with Gasteiger partial charge in [0.2, 0.25) is 0 Å². The zero-order valence-corrected chi connectivity index (χ0v) is 10.3. The summed E-state index contributed by atoms with van der Waals surface area (Å²) in [5.74, 6) is 0.625. The van der Waals surface area contributed by atoms with Gasteiger partial charge >= 0.3 is 0 Å². The fraction of sp³-hybridized carbons (Fsp3) is 0.417. The maximum Gasteiger partial charge on any atom is 0.192 e. The van der Waals surface area contributed by atoms with E-state index in [1.165, 1.54) is 5.56 Å². The van der Waals surface area contributed by atoms with E-state index in [9.17, 15) is 0 Å². The van der Waals surface area contributed by atoms with E-state index < -0.39 is 0 Å². The van der Waals surface area contributed by atoms with Crippen molar-refractivity contribution in [2.24, 2.45) is 10.7 Å². The second-order valence-corrected chi connectivity index (χ2v) is 4.64. The van der Waals surface area contributed by atoms with Gasteiger partial charge in [0.25, 0.3) is 0 Å². The monoisotopic (exact) mass is 237 g/mol. The predicted octanol–water partition coefficient (Wildman–Crippen LogP) is 2.21. The minimum atomic E-state index is -0.135. The summed E-state index contributed by atoms with van der Waals surface area (Å²) in [7, 11) is 0. The number of rotatable bonds is 2. The van der Waals surface area contributed by atoms with E-state index in [4.69, 9.17) is 17.3 Å². The van der Waals surface area contributed by atoms with Crippen molar-refractivity contribution in [2.75, 3.05) is 13.1 Å². The Bertz CT molecular complexity index is 413. The molecule has 0 radical (unpaired) electrons. The largest absolute Gasteiger partial charge is 0.370 e. The lowest BCUT2D eigenvalue weighted by Gasteiger charge is -2.35. The maximum absolute atomic E-state index is 5.90. The topological polar surface area (TPSA) is 41.6 Å². The summed E-state index contributed by atoms with van der Waals surface area (Å²) in [6.45, 7) is 5.80. The molecule has 1 aromatic carbocycles. The number of nitrogens with two attached hydrogens (primary N) is 1. The van der Waals surface area contributed by atoms with Crippen molar-refractivity contribution in [3.63, 3.8) is 0 Å². The number of hydrogen-bond donors (Lipinski definition) is 1. The van der Waals surface area contributed by atoms with Gasteiger partial charge in [0.15, 0.2) is 5.96 Å².